The Balaban J connectivity index is 0.000000790. The molecular formula is C30H40F6N8O3S. The number of rotatable bonds is 10. The highest BCUT2D eigenvalue weighted by molar-refractivity contribution is 6.99. The van der Waals surface area contributed by atoms with Crippen molar-refractivity contribution in [3.05, 3.63) is 53.2 Å². The first kappa shape index (κ1) is 40.0. The van der Waals surface area contributed by atoms with E-state index in [0.29, 0.717) is 35.7 Å². The van der Waals surface area contributed by atoms with Crippen molar-refractivity contribution in [3.8, 4) is 5.88 Å². The number of carbonyl (C=O) groups excluding carboxylic acids is 2. The maximum absolute atomic E-state index is 13.1. The van der Waals surface area contributed by atoms with Crippen molar-refractivity contribution in [1.29, 1.82) is 0 Å². The fraction of sp³-hybridized carbons (Fsp3) is 0.500. The van der Waals surface area contributed by atoms with Crippen LogP contribution in [0.2, 0.25) is 0 Å². The van der Waals surface area contributed by atoms with Crippen LogP contribution in [0.4, 0.5) is 48.5 Å². The zero-order valence-electron chi connectivity index (χ0n) is 27.3. The lowest BCUT2D eigenvalue weighted by Gasteiger charge is -2.34. The summed E-state index contributed by atoms with van der Waals surface area (Å²) in [7, 11) is 2.14. The van der Waals surface area contributed by atoms with Gasteiger partial charge in [0.05, 0.1) is 22.9 Å². The van der Waals surface area contributed by atoms with E-state index in [1.807, 2.05) is 13.8 Å². The summed E-state index contributed by atoms with van der Waals surface area (Å²) in [6.07, 6.45) is -6.79. The lowest BCUT2D eigenvalue weighted by molar-refractivity contribution is -0.143. The molecule has 48 heavy (non-hydrogen) atoms. The number of benzene rings is 1. The van der Waals surface area contributed by atoms with Crippen molar-refractivity contribution in [2.24, 2.45) is 0 Å². The maximum Gasteiger partial charge on any atom is 0.416 e. The van der Waals surface area contributed by atoms with Gasteiger partial charge in [-0.05, 0) is 62.5 Å². The summed E-state index contributed by atoms with van der Waals surface area (Å²) in [4.78, 5) is 32.6. The molecule has 0 saturated carbocycles. The summed E-state index contributed by atoms with van der Waals surface area (Å²) in [6.45, 7) is 11.6. The van der Waals surface area contributed by atoms with Crippen LogP contribution in [0.15, 0.2) is 36.5 Å². The molecule has 0 spiro atoms. The standard InChI is InChI=1S/C22H19F6N7O3S.C6H15N.C2H6/c23-21(24,25)14-8-15(22(26,27)28)10-16(9-14)31-20(37)35-5-3-34(4-6-35)18-19(33-39-32-18)38-11-13-1-2-29-17(7-13)30-12-36;1-4-6-7(3)5-2;1-2/h1-2,7-10,12H,3-6,11H2,(H,31,37)(H,29,30,36);4-6H2,1-3H3;1-2H3. The molecule has 1 aromatic carbocycles. The number of anilines is 3. The molecule has 266 valence electrons. The van der Waals surface area contributed by atoms with Gasteiger partial charge in [0.2, 0.25) is 12.2 Å². The van der Waals surface area contributed by atoms with Gasteiger partial charge in [-0.15, -0.1) is 4.37 Å². The van der Waals surface area contributed by atoms with E-state index in [0.717, 1.165) is 11.7 Å². The second-order valence-electron chi connectivity index (χ2n) is 10.1. The van der Waals surface area contributed by atoms with Crippen molar-refractivity contribution in [1.82, 2.24) is 23.5 Å². The number of aromatic nitrogens is 3. The Morgan fingerprint density at radius 3 is 2.15 bits per heavy atom. The van der Waals surface area contributed by atoms with Crippen molar-refractivity contribution in [2.75, 3.05) is 61.8 Å². The van der Waals surface area contributed by atoms with Crippen LogP contribution >= 0.6 is 11.7 Å². The molecule has 2 aromatic heterocycles. The van der Waals surface area contributed by atoms with E-state index in [-0.39, 0.29) is 44.7 Å². The van der Waals surface area contributed by atoms with Crippen molar-refractivity contribution in [2.45, 2.75) is 53.1 Å². The Morgan fingerprint density at radius 2 is 1.62 bits per heavy atom. The molecule has 11 nitrogen and oxygen atoms in total. The zero-order chi connectivity index (χ0) is 35.9. The van der Waals surface area contributed by atoms with Crippen LogP contribution in [-0.4, -0.2) is 82.3 Å². The summed E-state index contributed by atoms with van der Waals surface area (Å²) in [6, 6.07) is 3.37. The van der Waals surface area contributed by atoms with Crippen LogP contribution in [-0.2, 0) is 23.8 Å². The first-order valence-corrected chi connectivity index (χ1v) is 15.9. The third-order valence-electron chi connectivity index (χ3n) is 6.70. The Kier molecular flexibility index (Phi) is 15.8. The number of hydrogen-bond donors (Lipinski definition) is 2. The number of urea groups is 1. The van der Waals surface area contributed by atoms with Crippen LogP contribution < -0.4 is 20.3 Å². The zero-order valence-corrected chi connectivity index (χ0v) is 28.1. The number of nitrogens with one attached hydrogen (secondary N) is 2. The molecule has 3 heterocycles. The summed E-state index contributed by atoms with van der Waals surface area (Å²) in [5.74, 6) is 1.01. The number of ether oxygens (including phenoxy) is 1. The molecule has 0 radical (unpaired) electrons. The normalized spacial score (nSPS) is 13.2. The summed E-state index contributed by atoms with van der Waals surface area (Å²) in [5, 5.41) is 4.57. The molecule has 3 aromatic rings. The minimum atomic E-state index is -5.03. The third-order valence-corrected chi connectivity index (χ3v) is 7.20. The van der Waals surface area contributed by atoms with Crippen LogP contribution in [0.1, 0.15) is 50.8 Å². The van der Waals surface area contributed by atoms with E-state index >= 15 is 0 Å². The van der Waals surface area contributed by atoms with E-state index in [2.05, 4.69) is 50.2 Å². The van der Waals surface area contributed by atoms with Gasteiger partial charge < -0.3 is 30.1 Å². The Bertz CT molecular complexity index is 1400. The number of hydrogen-bond acceptors (Lipinski definition) is 9. The second-order valence-corrected chi connectivity index (χ2v) is 10.6. The lowest BCUT2D eigenvalue weighted by atomic mass is 10.1. The van der Waals surface area contributed by atoms with Gasteiger partial charge in [-0.25, -0.2) is 9.78 Å². The predicted molar refractivity (Wildman–Crippen MR) is 172 cm³/mol. The molecule has 18 heteroatoms. The van der Waals surface area contributed by atoms with E-state index in [9.17, 15) is 35.9 Å². The van der Waals surface area contributed by atoms with Crippen LogP contribution in [0, 0.1) is 0 Å². The van der Waals surface area contributed by atoms with Crippen molar-refractivity contribution in [3.63, 3.8) is 0 Å². The number of nitrogens with zero attached hydrogens (tertiary/aromatic N) is 6. The first-order valence-electron chi connectivity index (χ1n) is 15.1. The molecule has 0 bridgehead atoms. The molecule has 2 N–H and O–H groups in total. The van der Waals surface area contributed by atoms with Gasteiger partial charge in [-0.2, -0.15) is 30.7 Å². The Morgan fingerprint density at radius 1 is 1.00 bits per heavy atom. The van der Waals surface area contributed by atoms with Crippen LogP contribution in [0.25, 0.3) is 0 Å². The average molecular weight is 707 g/mol. The highest BCUT2D eigenvalue weighted by Gasteiger charge is 2.37. The van der Waals surface area contributed by atoms with Crippen LogP contribution in [0.5, 0.6) is 5.88 Å². The number of halogens is 6. The largest absolute Gasteiger partial charge is 0.470 e. The van der Waals surface area contributed by atoms with Crippen molar-refractivity contribution >= 4 is 41.5 Å². The predicted octanol–water partition coefficient (Wildman–Crippen LogP) is 6.85. The minimum Gasteiger partial charge on any atom is -0.470 e. The van der Waals surface area contributed by atoms with Gasteiger partial charge in [-0.3, -0.25) is 4.79 Å². The van der Waals surface area contributed by atoms with E-state index in [4.69, 9.17) is 4.74 Å². The van der Waals surface area contributed by atoms with Gasteiger partial charge in [0, 0.05) is 38.1 Å². The molecule has 0 aliphatic carbocycles. The number of alkyl halides is 6. The number of carbonyl (C=O) groups is 2. The van der Waals surface area contributed by atoms with Gasteiger partial charge in [0.15, 0.2) is 0 Å². The van der Waals surface area contributed by atoms with E-state index in [1.54, 1.807) is 17.0 Å². The Hall–Kier alpha value is -4.19. The van der Waals surface area contributed by atoms with Gasteiger partial charge in [0.1, 0.15) is 12.4 Å². The quantitative estimate of drug-likeness (QED) is 0.174. The molecule has 0 unspecified atom stereocenters. The smallest absolute Gasteiger partial charge is 0.416 e. The molecule has 1 fully saturated rings. The molecule has 1 aliphatic heterocycles. The molecule has 0 atom stereocenters. The fourth-order valence-corrected chi connectivity index (χ4v) is 4.73. The lowest BCUT2D eigenvalue weighted by Crippen LogP contribution is -2.50. The molecule has 1 aliphatic rings. The molecular weight excluding hydrogens is 666 g/mol. The average Bonchev–Trinajstić information content (AvgIpc) is 3.53. The van der Waals surface area contributed by atoms with E-state index in [1.165, 1.54) is 30.6 Å². The molecule has 3 amide bonds. The van der Waals surface area contributed by atoms with E-state index < -0.39 is 35.2 Å². The highest BCUT2D eigenvalue weighted by atomic mass is 32.1. The first-order chi connectivity index (χ1) is 22.7. The third kappa shape index (κ3) is 12.4. The molecule has 4 rings (SSSR count). The number of pyridine rings is 1. The van der Waals surface area contributed by atoms with Gasteiger partial charge in [-0.1, -0.05) is 27.7 Å². The topological polar surface area (TPSA) is 116 Å². The minimum absolute atomic E-state index is 0.00827. The summed E-state index contributed by atoms with van der Waals surface area (Å²) >= 11 is 0.907. The monoisotopic (exact) mass is 706 g/mol. The SMILES string of the molecule is CC.CCCN(C)CC.O=CNc1cc(COc2nsnc2N2CCN(C(=O)Nc3cc(C(F)(F)F)cc(C(F)(F)F)c3)CC2)ccn1. The van der Waals surface area contributed by atoms with Crippen LogP contribution in [0.3, 0.4) is 0 Å². The number of amides is 3. The van der Waals surface area contributed by atoms with Gasteiger partial charge in [0.25, 0.3) is 5.88 Å². The second kappa shape index (κ2) is 19.0. The van der Waals surface area contributed by atoms with Crippen molar-refractivity contribution < 1.29 is 40.7 Å². The fourth-order valence-electron chi connectivity index (χ4n) is 4.21. The summed E-state index contributed by atoms with van der Waals surface area (Å²) in [5.41, 5.74) is -2.96. The summed E-state index contributed by atoms with van der Waals surface area (Å²) < 4.78 is 92.7. The van der Waals surface area contributed by atoms with Gasteiger partial charge >= 0.3 is 18.4 Å². The maximum atomic E-state index is 13.1. The Labute approximate surface area is 279 Å². The molecule has 1 saturated heterocycles. The highest BCUT2D eigenvalue weighted by Crippen LogP contribution is 2.37. The number of piperazine rings is 1.